The molecule has 1 rings (SSSR count). The van der Waals surface area contributed by atoms with Crippen LogP contribution in [0.5, 0.6) is 0 Å². The minimum Gasteiger partial charge on any atom is -0.330 e. The van der Waals surface area contributed by atoms with Crippen molar-refractivity contribution in [2.75, 3.05) is 17.2 Å². The third kappa shape index (κ3) is 4.71. The van der Waals surface area contributed by atoms with Crippen molar-refractivity contribution in [2.24, 2.45) is 5.73 Å². The molecule has 0 bridgehead atoms. The van der Waals surface area contributed by atoms with Crippen LogP contribution in [0.2, 0.25) is 0 Å². The van der Waals surface area contributed by atoms with Gasteiger partial charge < -0.3 is 16.4 Å². The molecule has 2 amide bonds. The van der Waals surface area contributed by atoms with Crippen LogP contribution in [0, 0.1) is 6.92 Å². The van der Waals surface area contributed by atoms with E-state index in [1.807, 2.05) is 19.9 Å². The van der Waals surface area contributed by atoms with Gasteiger partial charge in [-0.1, -0.05) is 13.0 Å². The van der Waals surface area contributed by atoms with E-state index in [-0.39, 0.29) is 18.2 Å². The van der Waals surface area contributed by atoms with Gasteiger partial charge >= 0.3 is 0 Å². The van der Waals surface area contributed by atoms with Gasteiger partial charge in [0, 0.05) is 30.8 Å². The van der Waals surface area contributed by atoms with E-state index in [0.29, 0.717) is 18.7 Å². The van der Waals surface area contributed by atoms with E-state index >= 15 is 0 Å². The summed E-state index contributed by atoms with van der Waals surface area (Å²) < 4.78 is 0. The zero-order valence-electron chi connectivity index (χ0n) is 11.5. The highest BCUT2D eigenvalue weighted by Crippen LogP contribution is 2.23. The van der Waals surface area contributed by atoms with Gasteiger partial charge in [-0.25, -0.2) is 0 Å². The summed E-state index contributed by atoms with van der Waals surface area (Å²) in [5, 5.41) is 5.63. The fraction of sp³-hybridized carbons (Fsp3) is 0.429. The molecule has 0 fully saturated rings. The largest absolute Gasteiger partial charge is 0.330 e. The van der Waals surface area contributed by atoms with E-state index in [0.717, 1.165) is 17.7 Å². The Kier molecular flexibility index (Phi) is 6.02. The maximum absolute atomic E-state index is 11.6. The van der Waals surface area contributed by atoms with Crippen molar-refractivity contribution in [3.63, 3.8) is 0 Å². The molecular weight excluding hydrogens is 242 g/mol. The molecule has 4 N–H and O–H groups in total. The number of carbonyl (C=O) groups excluding carboxylic acids is 2. The first kappa shape index (κ1) is 15.2. The van der Waals surface area contributed by atoms with E-state index in [1.54, 1.807) is 12.1 Å². The highest BCUT2D eigenvalue weighted by atomic mass is 16.2. The predicted molar refractivity (Wildman–Crippen MR) is 77.0 cm³/mol. The lowest BCUT2D eigenvalue weighted by atomic mass is 10.1. The average molecular weight is 263 g/mol. The quantitative estimate of drug-likeness (QED) is 0.734. The number of nitrogens with two attached hydrogens (primary N) is 1. The lowest BCUT2D eigenvalue weighted by molar-refractivity contribution is -0.116. The zero-order valence-corrected chi connectivity index (χ0v) is 11.5. The van der Waals surface area contributed by atoms with Crippen molar-refractivity contribution < 1.29 is 9.59 Å². The Bertz CT molecular complexity index is 420. The van der Waals surface area contributed by atoms with E-state index in [2.05, 4.69) is 10.6 Å². The van der Waals surface area contributed by atoms with Crippen LogP contribution >= 0.6 is 0 Å². The smallest absolute Gasteiger partial charge is 0.225 e. The summed E-state index contributed by atoms with van der Waals surface area (Å²) in [6.07, 6.45) is 1.58. The SMILES string of the molecule is CCCC(=O)Nc1cccc(NC(=O)CCN)c1C. The summed E-state index contributed by atoms with van der Waals surface area (Å²) in [4.78, 5) is 23.1. The molecule has 0 heterocycles. The highest BCUT2D eigenvalue weighted by Gasteiger charge is 2.09. The summed E-state index contributed by atoms with van der Waals surface area (Å²) in [5.41, 5.74) is 7.60. The number of amides is 2. The standard InChI is InChI=1S/C14H21N3O2/c1-3-5-13(18)16-11-6-4-7-12(10(11)2)17-14(19)8-9-15/h4,6-7H,3,5,8-9,15H2,1-2H3,(H,16,18)(H,17,19). The predicted octanol–water partition coefficient (Wildman–Crippen LogP) is 2.02. The van der Waals surface area contributed by atoms with Gasteiger partial charge in [-0.2, -0.15) is 0 Å². The first-order valence-corrected chi connectivity index (χ1v) is 6.47. The molecule has 0 atom stereocenters. The van der Waals surface area contributed by atoms with Gasteiger partial charge in [0.2, 0.25) is 11.8 Å². The maximum Gasteiger partial charge on any atom is 0.225 e. The van der Waals surface area contributed by atoms with Crippen LogP contribution in [0.25, 0.3) is 0 Å². The molecule has 0 radical (unpaired) electrons. The topological polar surface area (TPSA) is 84.2 Å². The Morgan fingerprint density at radius 3 is 2.11 bits per heavy atom. The number of carbonyl (C=O) groups is 2. The monoisotopic (exact) mass is 263 g/mol. The fourth-order valence-electron chi connectivity index (χ4n) is 1.69. The lowest BCUT2D eigenvalue weighted by Crippen LogP contribution is -2.17. The number of benzene rings is 1. The van der Waals surface area contributed by atoms with Crippen LogP contribution in [-0.4, -0.2) is 18.4 Å². The van der Waals surface area contributed by atoms with Crippen molar-refractivity contribution in [1.29, 1.82) is 0 Å². The first-order chi connectivity index (χ1) is 9.08. The molecule has 0 saturated heterocycles. The third-order valence-corrected chi connectivity index (χ3v) is 2.73. The zero-order chi connectivity index (χ0) is 14.3. The first-order valence-electron chi connectivity index (χ1n) is 6.47. The Hall–Kier alpha value is -1.88. The number of hydrogen-bond acceptors (Lipinski definition) is 3. The minimum absolute atomic E-state index is 0.0176. The molecule has 0 saturated carbocycles. The van der Waals surface area contributed by atoms with Gasteiger partial charge in [0.15, 0.2) is 0 Å². The lowest BCUT2D eigenvalue weighted by Gasteiger charge is -2.13. The molecule has 104 valence electrons. The van der Waals surface area contributed by atoms with Crippen LogP contribution in [-0.2, 0) is 9.59 Å². The summed E-state index contributed by atoms with van der Waals surface area (Å²) in [7, 11) is 0. The van der Waals surface area contributed by atoms with Crippen molar-refractivity contribution in [1.82, 2.24) is 0 Å². The molecule has 0 spiro atoms. The van der Waals surface area contributed by atoms with Crippen LogP contribution in [0.3, 0.4) is 0 Å². The van der Waals surface area contributed by atoms with Crippen LogP contribution < -0.4 is 16.4 Å². The Labute approximate surface area is 113 Å². The average Bonchev–Trinajstić information content (AvgIpc) is 2.35. The van der Waals surface area contributed by atoms with Gasteiger partial charge in [0.1, 0.15) is 0 Å². The molecular formula is C14H21N3O2. The third-order valence-electron chi connectivity index (χ3n) is 2.73. The summed E-state index contributed by atoms with van der Waals surface area (Å²) in [6, 6.07) is 5.42. The van der Waals surface area contributed by atoms with E-state index in [4.69, 9.17) is 5.73 Å². The van der Waals surface area contributed by atoms with E-state index < -0.39 is 0 Å². The summed E-state index contributed by atoms with van der Waals surface area (Å²) >= 11 is 0. The van der Waals surface area contributed by atoms with Crippen LogP contribution in [0.15, 0.2) is 18.2 Å². The molecule has 0 unspecified atom stereocenters. The van der Waals surface area contributed by atoms with Gasteiger partial charge in [-0.15, -0.1) is 0 Å². The Morgan fingerprint density at radius 2 is 1.63 bits per heavy atom. The van der Waals surface area contributed by atoms with Crippen molar-refractivity contribution >= 4 is 23.2 Å². The van der Waals surface area contributed by atoms with Crippen molar-refractivity contribution in [3.05, 3.63) is 23.8 Å². The second-order valence-corrected chi connectivity index (χ2v) is 4.36. The second-order valence-electron chi connectivity index (χ2n) is 4.36. The Morgan fingerprint density at radius 1 is 1.11 bits per heavy atom. The molecule has 0 aromatic heterocycles. The molecule has 0 aliphatic rings. The molecule has 0 aliphatic heterocycles. The van der Waals surface area contributed by atoms with Crippen LogP contribution in [0.1, 0.15) is 31.7 Å². The molecule has 1 aromatic carbocycles. The van der Waals surface area contributed by atoms with Gasteiger partial charge in [-0.05, 0) is 31.0 Å². The number of nitrogens with one attached hydrogen (secondary N) is 2. The normalized spacial score (nSPS) is 10.1. The molecule has 5 nitrogen and oxygen atoms in total. The van der Waals surface area contributed by atoms with Gasteiger partial charge in [0.25, 0.3) is 0 Å². The van der Waals surface area contributed by atoms with Gasteiger partial charge in [0.05, 0.1) is 0 Å². The van der Waals surface area contributed by atoms with Crippen molar-refractivity contribution in [3.8, 4) is 0 Å². The number of anilines is 2. The van der Waals surface area contributed by atoms with E-state index in [1.165, 1.54) is 0 Å². The summed E-state index contributed by atoms with van der Waals surface area (Å²) in [6.45, 7) is 4.13. The van der Waals surface area contributed by atoms with Gasteiger partial charge in [-0.3, -0.25) is 9.59 Å². The number of hydrogen-bond donors (Lipinski definition) is 3. The molecule has 19 heavy (non-hydrogen) atoms. The fourth-order valence-corrected chi connectivity index (χ4v) is 1.69. The second kappa shape index (κ2) is 7.53. The highest BCUT2D eigenvalue weighted by molar-refractivity contribution is 5.95. The minimum atomic E-state index is -0.123. The Balaban J connectivity index is 2.80. The number of rotatable bonds is 6. The van der Waals surface area contributed by atoms with Crippen LogP contribution in [0.4, 0.5) is 11.4 Å². The molecule has 1 aromatic rings. The van der Waals surface area contributed by atoms with E-state index in [9.17, 15) is 9.59 Å². The summed E-state index contributed by atoms with van der Waals surface area (Å²) in [5.74, 6) is -0.140. The molecule has 5 heteroatoms. The van der Waals surface area contributed by atoms with Crippen molar-refractivity contribution in [2.45, 2.75) is 33.1 Å². The molecule has 0 aliphatic carbocycles. The maximum atomic E-state index is 11.6.